The molecule has 0 fully saturated rings. The maximum atomic E-state index is 11.1. The molecule has 3 aromatic rings. The highest BCUT2D eigenvalue weighted by Crippen LogP contribution is 2.38. The molecule has 0 heterocycles. The van der Waals surface area contributed by atoms with Crippen molar-refractivity contribution in [2.24, 2.45) is 0 Å². The largest absolute Gasteiger partial charge is 0.478 e. The van der Waals surface area contributed by atoms with Crippen LogP contribution in [0.15, 0.2) is 60.7 Å². The van der Waals surface area contributed by atoms with E-state index in [9.17, 15) is 9.59 Å². The van der Waals surface area contributed by atoms with Gasteiger partial charge in [0.2, 0.25) is 0 Å². The summed E-state index contributed by atoms with van der Waals surface area (Å²) in [6.07, 6.45) is 0. The van der Waals surface area contributed by atoms with Gasteiger partial charge in [0.1, 0.15) is 0 Å². The third-order valence-electron chi connectivity index (χ3n) is 4.75. The zero-order chi connectivity index (χ0) is 20.4. The fourth-order valence-electron chi connectivity index (χ4n) is 3.07. The van der Waals surface area contributed by atoms with E-state index in [0.29, 0.717) is 5.69 Å². The zero-order valence-electron chi connectivity index (χ0n) is 15.6. The molecule has 142 valence electrons. The quantitative estimate of drug-likeness (QED) is 0.537. The number of carbonyl (C=O) groups is 2. The highest BCUT2D eigenvalue weighted by atomic mass is 16.4. The Labute approximate surface area is 163 Å². The molecule has 3 rings (SSSR count). The second-order valence-corrected chi connectivity index (χ2v) is 6.95. The van der Waals surface area contributed by atoms with Crippen molar-refractivity contribution in [1.29, 1.82) is 0 Å². The molecule has 5 nitrogen and oxygen atoms in total. The maximum Gasteiger partial charge on any atom is 0.335 e. The zero-order valence-corrected chi connectivity index (χ0v) is 15.6. The van der Waals surface area contributed by atoms with Gasteiger partial charge in [-0.05, 0) is 59.0 Å². The highest BCUT2D eigenvalue weighted by Gasteiger charge is 2.15. The summed E-state index contributed by atoms with van der Waals surface area (Å²) in [6.45, 7) is 4.17. The first-order chi connectivity index (χ1) is 13.3. The number of hydrogen-bond donors (Lipinski definition) is 3. The van der Waals surface area contributed by atoms with Gasteiger partial charge >= 0.3 is 11.9 Å². The highest BCUT2D eigenvalue weighted by molar-refractivity contribution is 5.93. The Bertz CT molecular complexity index is 957. The lowest BCUT2D eigenvalue weighted by Gasteiger charge is -2.17. The first-order valence-corrected chi connectivity index (χ1v) is 8.88. The fraction of sp³-hybridized carbons (Fsp3) is 0.130. The van der Waals surface area contributed by atoms with Gasteiger partial charge in [0, 0.05) is 16.8 Å². The van der Waals surface area contributed by atoms with Crippen molar-refractivity contribution in [2.45, 2.75) is 19.8 Å². The minimum absolute atomic E-state index is 0.215. The second kappa shape index (κ2) is 7.56. The Morgan fingerprint density at radius 3 is 1.39 bits per heavy atom. The van der Waals surface area contributed by atoms with Crippen LogP contribution in [0.25, 0.3) is 22.3 Å². The smallest absolute Gasteiger partial charge is 0.335 e. The summed E-state index contributed by atoms with van der Waals surface area (Å²) in [5.74, 6) is -1.70. The van der Waals surface area contributed by atoms with Gasteiger partial charge < -0.3 is 15.9 Å². The topological polar surface area (TPSA) is 101 Å². The van der Waals surface area contributed by atoms with E-state index in [4.69, 9.17) is 15.9 Å². The number of carboxylic acids is 2. The Morgan fingerprint density at radius 2 is 1.11 bits per heavy atom. The summed E-state index contributed by atoms with van der Waals surface area (Å²) in [5, 5.41) is 18.2. The van der Waals surface area contributed by atoms with Crippen molar-refractivity contribution in [3.05, 3.63) is 77.4 Å². The van der Waals surface area contributed by atoms with E-state index in [0.717, 1.165) is 27.8 Å². The third kappa shape index (κ3) is 3.74. The summed E-state index contributed by atoms with van der Waals surface area (Å²) >= 11 is 0. The van der Waals surface area contributed by atoms with Crippen LogP contribution in [0.3, 0.4) is 0 Å². The normalized spacial score (nSPS) is 10.8. The third-order valence-corrected chi connectivity index (χ3v) is 4.75. The van der Waals surface area contributed by atoms with Crippen LogP contribution in [0.5, 0.6) is 0 Å². The van der Waals surface area contributed by atoms with Crippen molar-refractivity contribution >= 4 is 17.6 Å². The van der Waals surface area contributed by atoms with Crippen LogP contribution in [-0.2, 0) is 0 Å². The van der Waals surface area contributed by atoms with E-state index < -0.39 is 11.9 Å². The molecular weight excluding hydrogens is 354 g/mol. The number of benzene rings is 3. The SMILES string of the molecule is CC(C)c1cc(-c2ccc(C(=O)O)cc2)c(N)c(-c2ccc(C(=O)O)cc2)c1. The van der Waals surface area contributed by atoms with Crippen LogP contribution in [0.2, 0.25) is 0 Å². The van der Waals surface area contributed by atoms with Crippen LogP contribution < -0.4 is 5.73 Å². The fourth-order valence-corrected chi connectivity index (χ4v) is 3.07. The molecule has 0 bridgehead atoms. The number of nitrogens with two attached hydrogens (primary N) is 1. The van der Waals surface area contributed by atoms with Crippen molar-refractivity contribution in [2.75, 3.05) is 5.73 Å². The molecule has 3 aromatic carbocycles. The average Bonchev–Trinajstić information content (AvgIpc) is 2.68. The summed E-state index contributed by atoms with van der Waals surface area (Å²) in [6, 6.07) is 17.2. The molecule has 28 heavy (non-hydrogen) atoms. The van der Waals surface area contributed by atoms with Gasteiger partial charge in [-0.2, -0.15) is 0 Å². The van der Waals surface area contributed by atoms with Crippen molar-refractivity contribution in [3.8, 4) is 22.3 Å². The number of rotatable bonds is 5. The van der Waals surface area contributed by atoms with Crippen LogP contribution >= 0.6 is 0 Å². The molecule has 0 aliphatic heterocycles. The Kier molecular flexibility index (Phi) is 5.18. The molecule has 0 aliphatic rings. The summed E-state index contributed by atoms with van der Waals surface area (Å²) in [4.78, 5) is 22.2. The molecular formula is C23H21NO4. The molecule has 0 amide bonds. The molecule has 5 heteroatoms. The molecule has 0 aliphatic carbocycles. The predicted octanol–water partition coefficient (Wildman–Crippen LogP) is 5.12. The molecule has 0 atom stereocenters. The number of aromatic carboxylic acids is 2. The van der Waals surface area contributed by atoms with Gasteiger partial charge in [0.15, 0.2) is 0 Å². The van der Waals surface area contributed by atoms with Gasteiger partial charge in [-0.3, -0.25) is 0 Å². The van der Waals surface area contributed by atoms with E-state index in [2.05, 4.69) is 13.8 Å². The molecule has 4 N–H and O–H groups in total. The van der Waals surface area contributed by atoms with E-state index >= 15 is 0 Å². The summed E-state index contributed by atoms with van der Waals surface area (Å²) < 4.78 is 0. The number of carboxylic acid groups (broad SMARTS) is 2. The molecule has 0 aromatic heterocycles. The van der Waals surface area contributed by atoms with Gasteiger partial charge in [-0.25, -0.2) is 9.59 Å². The molecule has 0 radical (unpaired) electrons. The van der Waals surface area contributed by atoms with E-state index in [-0.39, 0.29) is 17.0 Å². The number of hydrogen-bond acceptors (Lipinski definition) is 3. The summed E-state index contributed by atoms with van der Waals surface area (Å²) in [5.41, 5.74) is 11.9. The summed E-state index contributed by atoms with van der Waals surface area (Å²) in [7, 11) is 0. The maximum absolute atomic E-state index is 11.1. The van der Waals surface area contributed by atoms with Gasteiger partial charge in [-0.1, -0.05) is 38.1 Å². The van der Waals surface area contributed by atoms with Crippen LogP contribution in [-0.4, -0.2) is 22.2 Å². The molecule has 0 saturated heterocycles. The van der Waals surface area contributed by atoms with Crippen LogP contribution in [0.4, 0.5) is 5.69 Å². The molecule has 0 spiro atoms. The molecule has 0 unspecified atom stereocenters. The van der Waals surface area contributed by atoms with E-state index in [1.54, 1.807) is 48.5 Å². The average molecular weight is 375 g/mol. The lowest BCUT2D eigenvalue weighted by molar-refractivity contribution is 0.0686. The van der Waals surface area contributed by atoms with Gasteiger partial charge in [-0.15, -0.1) is 0 Å². The standard InChI is InChI=1S/C23H21NO4/c1-13(2)18-11-19(14-3-7-16(8-4-14)22(25)26)21(24)20(12-18)15-5-9-17(10-6-15)23(27)28/h3-13H,24H2,1-2H3,(H,25,26)(H,27,28). The van der Waals surface area contributed by atoms with E-state index in [1.807, 2.05) is 12.1 Å². The number of anilines is 1. The monoisotopic (exact) mass is 375 g/mol. The lowest BCUT2D eigenvalue weighted by Crippen LogP contribution is -2.00. The van der Waals surface area contributed by atoms with Crippen LogP contribution in [0.1, 0.15) is 46.0 Å². The Hall–Kier alpha value is -3.60. The van der Waals surface area contributed by atoms with Crippen molar-refractivity contribution in [3.63, 3.8) is 0 Å². The predicted molar refractivity (Wildman–Crippen MR) is 110 cm³/mol. The first kappa shape index (κ1) is 19.2. The lowest BCUT2D eigenvalue weighted by atomic mass is 9.89. The minimum atomic E-state index is -0.977. The van der Waals surface area contributed by atoms with Crippen molar-refractivity contribution < 1.29 is 19.8 Å². The first-order valence-electron chi connectivity index (χ1n) is 8.88. The van der Waals surface area contributed by atoms with E-state index in [1.165, 1.54) is 0 Å². The molecule has 0 saturated carbocycles. The van der Waals surface area contributed by atoms with Crippen LogP contribution in [0, 0.1) is 0 Å². The Balaban J connectivity index is 2.15. The second-order valence-electron chi connectivity index (χ2n) is 6.95. The van der Waals surface area contributed by atoms with Gasteiger partial charge in [0.25, 0.3) is 0 Å². The Morgan fingerprint density at radius 1 is 0.750 bits per heavy atom. The minimum Gasteiger partial charge on any atom is -0.478 e. The van der Waals surface area contributed by atoms with Gasteiger partial charge in [0.05, 0.1) is 11.1 Å². The number of nitrogen functional groups attached to an aromatic ring is 1. The van der Waals surface area contributed by atoms with Crippen molar-refractivity contribution in [1.82, 2.24) is 0 Å².